The second-order valence-corrected chi connectivity index (χ2v) is 14.1. The van der Waals surface area contributed by atoms with Gasteiger partial charge in [-0.15, -0.1) is 0 Å². The molecule has 8 rings (SSSR count). The Kier molecular flexibility index (Phi) is 7.83. The predicted molar refractivity (Wildman–Crippen MR) is 188 cm³/mol. The van der Waals surface area contributed by atoms with Crippen LogP contribution in [0, 0.1) is 23.7 Å². The number of fused-ring (bicyclic) bond motifs is 4. The van der Waals surface area contributed by atoms with Crippen LogP contribution in [-0.2, 0) is 31.0 Å². The van der Waals surface area contributed by atoms with Gasteiger partial charge in [-0.25, -0.2) is 0 Å². The number of benzene rings is 4. The van der Waals surface area contributed by atoms with Gasteiger partial charge in [-0.2, -0.15) is 0 Å². The van der Waals surface area contributed by atoms with E-state index >= 15 is 4.79 Å². The van der Waals surface area contributed by atoms with Crippen molar-refractivity contribution in [2.75, 3.05) is 6.54 Å². The van der Waals surface area contributed by atoms with Crippen LogP contribution in [0.1, 0.15) is 41.0 Å². The van der Waals surface area contributed by atoms with Gasteiger partial charge in [-0.05, 0) is 77.8 Å². The molecule has 4 aromatic carbocycles. The molecule has 0 spiro atoms. The number of likely N-dealkylation sites (tertiary alicyclic amines) is 1. The number of ketones is 2. The van der Waals surface area contributed by atoms with Gasteiger partial charge in [-0.3, -0.25) is 24.1 Å². The van der Waals surface area contributed by atoms with Crippen LogP contribution in [-0.4, -0.2) is 45.0 Å². The highest BCUT2D eigenvalue weighted by molar-refractivity contribution is 6.33. The lowest BCUT2D eigenvalue weighted by Crippen LogP contribution is -2.58. The van der Waals surface area contributed by atoms with Crippen LogP contribution in [0.5, 0.6) is 11.5 Å². The maximum Gasteiger partial charge on any atom is 0.233 e. The molecule has 4 aromatic rings. The molecule has 1 aliphatic heterocycles. The maximum atomic E-state index is 15.1. The van der Waals surface area contributed by atoms with Gasteiger partial charge in [0.05, 0.1) is 17.3 Å². The lowest BCUT2D eigenvalue weighted by molar-refractivity contribution is -0.140. The number of carbonyl (C=O) groups is 4. The van der Waals surface area contributed by atoms with Crippen molar-refractivity contribution in [3.05, 3.63) is 148 Å². The lowest BCUT2D eigenvalue weighted by atomic mass is 9.44. The standard InChI is InChI=1S/C42H34ClNO6/c43-35-21-28(46)15-16-30(35)38-29-17-18-31-37(41(50)44(40(31)49)20-19-24-11-13-27(45)14-12-24)33(29)22-34-39(48)32(25-7-3-1-4-8-25)23-36(47)42(34,38)26-9-5-2-6-10-26/h1-17,21,23,31,33-34,37-38,45-46H,18-20,22H2. The van der Waals surface area contributed by atoms with Crippen LogP contribution in [0.15, 0.2) is 121 Å². The second kappa shape index (κ2) is 12.3. The van der Waals surface area contributed by atoms with Crippen molar-refractivity contribution >= 4 is 40.6 Å². The molecule has 2 fully saturated rings. The average Bonchev–Trinajstić information content (AvgIpc) is 3.37. The molecule has 3 aliphatic carbocycles. The Balaban J connectivity index is 1.29. The third-order valence-electron chi connectivity index (χ3n) is 11.3. The van der Waals surface area contributed by atoms with Crippen LogP contribution in [0.4, 0.5) is 0 Å². The summed E-state index contributed by atoms with van der Waals surface area (Å²) >= 11 is 6.94. The van der Waals surface area contributed by atoms with Gasteiger partial charge < -0.3 is 10.2 Å². The minimum Gasteiger partial charge on any atom is -0.508 e. The normalized spacial score (nSPS) is 27.3. The first-order valence-electron chi connectivity index (χ1n) is 16.9. The average molecular weight is 684 g/mol. The van der Waals surface area contributed by atoms with Gasteiger partial charge in [0.25, 0.3) is 0 Å². The fraction of sp³-hybridized carbons (Fsp3) is 0.238. The molecular weight excluding hydrogens is 650 g/mol. The summed E-state index contributed by atoms with van der Waals surface area (Å²) in [6.45, 7) is 0.195. The van der Waals surface area contributed by atoms with Crippen molar-refractivity contribution in [2.24, 2.45) is 23.7 Å². The van der Waals surface area contributed by atoms with Gasteiger partial charge in [0, 0.05) is 29.0 Å². The molecule has 1 saturated carbocycles. The summed E-state index contributed by atoms with van der Waals surface area (Å²) in [4.78, 5) is 59.7. The number of nitrogens with zero attached hydrogens (tertiary/aromatic N) is 1. The van der Waals surface area contributed by atoms with E-state index in [0.717, 1.165) is 11.1 Å². The minimum atomic E-state index is -1.39. The molecule has 2 amide bonds. The van der Waals surface area contributed by atoms with Crippen LogP contribution in [0.25, 0.3) is 5.57 Å². The van der Waals surface area contributed by atoms with Gasteiger partial charge in [0.15, 0.2) is 11.6 Å². The zero-order chi connectivity index (χ0) is 34.7. The van der Waals surface area contributed by atoms with Crippen molar-refractivity contribution in [3.8, 4) is 11.5 Å². The number of aromatic hydroxyl groups is 2. The number of halogens is 1. The highest BCUT2D eigenvalue weighted by atomic mass is 35.5. The Labute approximate surface area is 294 Å². The number of hydrogen-bond acceptors (Lipinski definition) is 6. The summed E-state index contributed by atoms with van der Waals surface area (Å²) in [5.74, 6) is -4.25. The summed E-state index contributed by atoms with van der Waals surface area (Å²) in [5.41, 5.74) is 2.53. The first-order chi connectivity index (χ1) is 24.2. The summed E-state index contributed by atoms with van der Waals surface area (Å²) in [6.07, 6.45) is 4.43. The van der Waals surface area contributed by atoms with E-state index in [9.17, 15) is 24.6 Å². The molecule has 6 atom stereocenters. The molecule has 1 heterocycles. The van der Waals surface area contributed by atoms with Crippen molar-refractivity contribution in [1.29, 1.82) is 0 Å². The van der Waals surface area contributed by atoms with E-state index in [0.29, 0.717) is 35.1 Å². The van der Waals surface area contributed by atoms with Crippen molar-refractivity contribution in [2.45, 2.75) is 30.6 Å². The molecule has 1 saturated heterocycles. The molecule has 8 heteroatoms. The van der Waals surface area contributed by atoms with Gasteiger partial charge >= 0.3 is 0 Å². The molecule has 7 nitrogen and oxygen atoms in total. The number of rotatable bonds is 6. The Bertz CT molecular complexity index is 2110. The molecule has 4 aliphatic rings. The maximum absolute atomic E-state index is 15.1. The molecule has 250 valence electrons. The molecular formula is C42H34ClNO6. The SMILES string of the molecule is O=C1C(c2ccccc2)=CC(=O)C2(c3ccccc3)C1CC1C(=CCC3C(=O)N(CCc4ccc(O)cc4)C(=O)C31)C2c1ccc(O)cc1Cl. The summed E-state index contributed by atoms with van der Waals surface area (Å²) in [7, 11) is 0. The molecule has 0 bridgehead atoms. The number of phenolic OH excluding ortho intramolecular Hbond substituents is 2. The number of allylic oxidation sites excluding steroid dienone is 4. The molecule has 0 radical (unpaired) electrons. The number of hydrogen-bond donors (Lipinski definition) is 2. The fourth-order valence-corrected chi connectivity index (χ4v) is 9.44. The Morgan fingerprint density at radius 2 is 1.46 bits per heavy atom. The van der Waals surface area contributed by atoms with E-state index in [4.69, 9.17) is 11.6 Å². The van der Waals surface area contributed by atoms with E-state index in [1.54, 1.807) is 30.3 Å². The molecule has 0 aromatic heterocycles. The summed E-state index contributed by atoms with van der Waals surface area (Å²) < 4.78 is 0. The van der Waals surface area contributed by atoms with E-state index in [-0.39, 0.29) is 52.9 Å². The van der Waals surface area contributed by atoms with Gasteiger partial charge in [-0.1, -0.05) is 102 Å². The van der Waals surface area contributed by atoms with E-state index < -0.39 is 35.0 Å². The first kappa shape index (κ1) is 32.0. The largest absolute Gasteiger partial charge is 0.508 e. The Morgan fingerprint density at radius 1 is 0.780 bits per heavy atom. The second-order valence-electron chi connectivity index (χ2n) is 13.7. The van der Waals surface area contributed by atoms with E-state index in [1.807, 2.05) is 66.7 Å². The van der Waals surface area contributed by atoms with Crippen molar-refractivity contribution < 1.29 is 29.4 Å². The predicted octanol–water partition coefficient (Wildman–Crippen LogP) is 6.82. The van der Waals surface area contributed by atoms with Crippen molar-refractivity contribution in [1.82, 2.24) is 4.90 Å². The Morgan fingerprint density at radius 3 is 2.16 bits per heavy atom. The third-order valence-corrected chi connectivity index (χ3v) is 11.6. The minimum absolute atomic E-state index is 0.0350. The number of imide groups is 1. The number of amides is 2. The van der Waals surface area contributed by atoms with Crippen LogP contribution >= 0.6 is 11.6 Å². The molecule has 50 heavy (non-hydrogen) atoms. The smallest absolute Gasteiger partial charge is 0.233 e. The highest BCUT2D eigenvalue weighted by Gasteiger charge is 2.66. The van der Waals surface area contributed by atoms with Crippen molar-refractivity contribution in [3.63, 3.8) is 0 Å². The number of Topliss-reactive ketones (excluding diaryl/α,β-unsaturated/α-hetero) is 1. The van der Waals surface area contributed by atoms with Crippen LogP contribution in [0.2, 0.25) is 5.02 Å². The summed E-state index contributed by atoms with van der Waals surface area (Å²) in [5, 5.41) is 20.3. The first-order valence-corrected chi connectivity index (χ1v) is 17.3. The van der Waals surface area contributed by atoms with Gasteiger partial charge in [0.1, 0.15) is 11.5 Å². The highest BCUT2D eigenvalue weighted by Crippen LogP contribution is 2.64. The lowest BCUT2D eigenvalue weighted by Gasteiger charge is -2.55. The summed E-state index contributed by atoms with van der Waals surface area (Å²) in [6, 6.07) is 29.8. The number of phenols is 2. The van der Waals surface area contributed by atoms with Crippen LogP contribution in [0.3, 0.4) is 0 Å². The number of carbonyl (C=O) groups excluding carboxylic acids is 4. The topological polar surface area (TPSA) is 112 Å². The quantitative estimate of drug-likeness (QED) is 0.171. The molecule has 2 N–H and O–H groups in total. The van der Waals surface area contributed by atoms with E-state index in [2.05, 4.69) is 0 Å². The zero-order valence-corrected chi connectivity index (χ0v) is 27.8. The van der Waals surface area contributed by atoms with Gasteiger partial charge in [0.2, 0.25) is 11.8 Å². The molecule has 6 unspecified atom stereocenters. The van der Waals surface area contributed by atoms with Crippen LogP contribution < -0.4 is 0 Å². The monoisotopic (exact) mass is 683 g/mol. The Hall–Kier alpha value is -5.27. The van der Waals surface area contributed by atoms with E-state index in [1.165, 1.54) is 23.1 Å². The fourth-order valence-electron chi connectivity index (χ4n) is 9.16. The zero-order valence-electron chi connectivity index (χ0n) is 27.0. The third kappa shape index (κ3) is 4.86.